The topological polar surface area (TPSA) is 49.4 Å². The zero-order valence-electron chi connectivity index (χ0n) is 12.8. The van der Waals surface area contributed by atoms with Gasteiger partial charge in [0.05, 0.1) is 0 Å². The van der Waals surface area contributed by atoms with Gasteiger partial charge in [-0.05, 0) is 18.6 Å². The molecule has 4 nitrogen and oxygen atoms in total. The fraction of sp³-hybridized carbons (Fsp3) is 0.571. The van der Waals surface area contributed by atoms with E-state index in [9.17, 15) is 12.8 Å². The summed E-state index contributed by atoms with van der Waals surface area (Å²) in [7, 11) is -2.43. The van der Waals surface area contributed by atoms with E-state index in [4.69, 9.17) is 11.6 Å². The van der Waals surface area contributed by atoms with Gasteiger partial charge in [0.1, 0.15) is 10.7 Å². The van der Waals surface area contributed by atoms with Crippen molar-refractivity contribution in [3.8, 4) is 0 Å². The summed E-state index contributed by atoms with van der Waals surface area (Å²) in [5.74, 6) is -0.740. The zero-order valence-corrected chi connectivity index (χ0v) is 14.4. The van der Waals surface area contributed by atoms with Gasteiger partial charge in [0, 0.05) is 36.8 Å². The molecule has 21 heavy (non-hydrogen) atoms. The smallest absolute Gasteiger partial charge is 0.245 e. The molecule has 120 valence electrons. The van der Waals surface area contributed by atoms with Crippen LogP contribution in [-0.2, 0) is 16.6 Å². The molecule has 1 rings (SSSR count). The molecule has 0 atom stereocenters. The van der Waals surface area contributed by atoms with Crippen LogP contribution in [0, 0.1) is 5.82 Å². The molecule has 0 aliphatic carbocycles. The number of sulfonamides is 1. The maximum Gasteiger partial charge on any atom is 0.245 e. The Balaban J connectivity index is 3.24. The highest BCUT2D eigenvalue weighted by atomic mass is 35.5. The van der Waals surface area contributed by atoms with Gasteiger partial charge in [0.15, 0.2) is 0 Å². The molecule has 0 amide bonds. The van der Waals surface area contributed by atoms with E-state index >= 15 is 0 Å². The SMILES string of the molecule is CCCN(C)S(=O)(=O)c1cc(Cl)cc(CNC(C)C)c1F. The average Bonchev–Trinajstić information content (AvgIpc) is 2.39. The molecule has 0 fully saturated rings. The third-order valence-electron chi connectivity index (χ3n) is 3.01. The lowest BCUT2D eigenvalue weighted by atomic mass is 10.2. The Labute approximate surface area is 131 Å². The first kappa shape index (κ1) is 18.4. The van der Waals surface area contributed by atoms with Gasteiger partial charge in [-0.1, -0.05) is 32.4 Å². The summed E-state index contributed by atoms with van der Waals surface area (Å²) in [6.07, 6.45) is 0.652. The van der Waals surface area contributed by atoms with Crippen LogP contribution < -0.4 is 5.32 Å². The summed E-state index contributed by atoms with van der Waals surface area (Å²) in [5.41, 5.74) is 0.250. The summed E-state index contributed by atoms with van der Waals surface area (Å²) < 4.78 is 40.4. The predicted molar refractivity (Wildman–Crippen MR) is 83.5 cm³/mol. The minimum absolute atomic E-state index is 0.159. The van der Waals surface area contributed by atoms with Crippen LogP contribution in [0.4, 0.5) is 4.39 Å². The molecule has 0 bridgehead atoms. The molecule has 0 heterocycles. The molecule has 0 aromatic heterocycles. The first-order valence-electron chi connectivity index (χ1n) is 6.87. The van der Waals surface area contributed by atoms with Gasteiger partial charge in [-0.3, -0.25) is 0 Å². The van der Waals surface area contributed by atoms with Crippen molar-refractivity contribution in [2.45, 2.75) is 44.7 Å². The van der Waals surface area contributed by atoms with Gasteiger partial charge in [0.25, 0.3) is 0 Å². The van der Waals surface area contributed by atoms with E-state index in [1.165, 1.54) is 13.1 Å². The molecule has 0 radical (unpaired) electrons. The summed E-state index contributed by atoms with van der Waals surface area (Å²) in [4.78, 5) is -0.369. The molecule has 0 spiro atoms. The van der Waals surface area contributed by atoms with Crippen LogP contribution in [0.25, 0.3) is 0 Å². The van der Waals surface area contributed by atoms with E-state index in [1.807, 2.05) is 20.8 Å². The van der Waals surface area contributed by atoms with Crippen LogP contribution in [0.1, 0.15) is 32.8 Å². The van der Waals surface area contributed by atoms with Crippen LogP contribution in [0.15, 0.2) is 17.0 Å². The van der Waals surface area contributed by atoms with Gasteiger partial charge >= 0.3 is 0 Å². The second-order valence-corrected chi connectivity index (χ2v) is 7.69. The van der Waals surface area contributed by atoms with Crippen molar-refractivity contribution in [1.29, 1.82) is 0 Å². The third-order valence-corrected chi connectivity index (χ3v) is 5.08. The molecule has 0 unspecified atom stereocenters. The van der Waals surface area contributed by atoms with Crippen molar-refractivity contribution in [3.05, 3.63) is 28.5 Å². The average molecular weight is 337 g/mol. The number of halogens is 2. The fourth-order valence-electron chi connectivity index (χ4n) is 1.85. The monoisotopic (exact) mass is 336 g/mol. The van der Waals surface area contributed by atoms with Crippen LogP contribution in [0.3, 0.4) is 0 Å². The van der Waals surface area contributed by atoms with Gasteiger partial charge in [-0.25, -0.2) is 17.1 Å². The maximum absolute atomic E-state index is 14.5. The van der Waals surface area contributed by atoms with Gasteiger partial charge < -0.3 is 5.32 Å². The standard InChI is InChI=1S/C14H22ClFN2O2S/c1-5-6-18(4)21(19,20)13-8-12(15)7-11(14(13)16)9-17-10(2)3/h7-8,10,17H,5-6,9H2,1-4H3. The summed E-state index contributed by atoms with van der Waals surface area (Å²) in [6.45, 7) is 6.26. The molecule has 0 aliphatic rings. The van der Waals surface area contributed by atoms with Crippen molar-refractivity contribution in [1.82, 2.24) is 9.62 Å². The second-order valence-electron chi connectivity index (χ2n) is 5.24. The molecule has 0 saturated carbocycles. The molecular weight excluding hydrogens is 315 g/mol. The number of nitrogens with zero attached hydrogens (tertiary/aromatic N) is 1. The highest BCUT2D eigenvalue weighted by Gasteiger charge is 2.26. The van der Waals surface area contributed by atoms with Crippen LogP contribution in [0.5, 0.6) is 0 Å². The van der Waals surface area contributed by atoms with E-state index in [-0.39, 0.29) is 28.1 Å². The quantitative estimate of drug-likeness (QED) is 0.832. The minimum atomic E-state index is -3.87. The molecule has 1 N–H and O–H groups in total. The van der Waals surface area contributed by atoms with Crippen molar-refractivity contribution in [2.75, 3.05) is 13.6 Å². The van der Waals surface area contributed by atoms with E-state index in [1.54, 1.807) is 0 Å². The van der Waals surface area contributed by atoms with Crippen LogP contribution >= 0.6 is 11.6 Å². The van der Waals surface area contributed by atoms with E-state index in [2.05, 4.69) is 5.32 Å². The van der Waals surface area contributed by atoms with Crippen molar-refractivity contribution in [3.63, 3.8) is 0 Å². The summed E-state index contributed by atoms with van der Waals surface area (Å²) in [6, 6.07) is 2.77. The van der Waals surface area contributed by atoms with E-state index < -0.39 is 15.8 Å². The lowest BCUT2D eigenvalue weighted by Crippen LogP contribution is -2.29. The van der Waals surface area contributed by atoms with Gasteiger partial charge in [-0.2, -0.15) is 0 Å². The number of hydrogen-bond donors (Lipinski definition) is 1. The number of nitrogens with one attached hydrogen (secondary N) is 1. The lowest BCUT2D eigenvalue weighted by molar-refractivity contribution is 0.459. The second kappa shape index (κ2) is 7.54. The van der Waals surface area contributed by atoms with Crippen molar-refractivity contribution >= 4 is 21.6 Å². The largest absolute Gasteiger partial charge is 0.310 e. The predicted octanol–water partition coefficient (Wildman–Crippen LogP) is 3.01. The normalized spacial score (nSPS) is 12.4. The number of hydrogen-bond acceptors (Lipinski definition) is 3. The van der Waals surface area contributed by atoms with Gasteiger partial charge in [0.2, 0.25) is 10.0 Å². The highest BCUT2D eigenvalue weighted by Crippen LogP contribution is 2.26. The fourth-order valence-corrected chi connectivity index (χ4v) is 3.55. The Bertz CT molecular complexity index is 591. The Morgan fingerprint density at radius 1 is 1.38 bits per heavy atom. The van der Waals surface area contributed by atoms with E-state index in [0.29, 0.717) is 13.0 Å². The Kier molecular flexibility index (Phi) is 6.59. The first-order valence-corrected chi connectivity index (χ1v) is 8.69. The third kappa shape index (κ3) is 4.64. The number of rotatable bonds is 7. The number of benzene rings is 1. The Morgan fingerprint density at radius 2 is 2.00 bits per heavy atom. The highest BCUT2D eigenvalue weighted by molar-refractivity contribution is 7.89. The lowest BCUT2D eigenvalue weighted by Gasteiger charge is -2.18. The molecule has 0 aliphatic heterocycles. The molecule has 0 saturated heterocycles. The molecule has 7 heteroatoms. The molecular formula is C14H22ClFN2O2S. The zero-order chi connectivity index (χ0) is 16.2. The van der Waals surface area contributed by atoms with Gasteiger partial charge in [-0.15, -0.1) is 0 Å². The van der Waals surface area contributed by atoms with Crippen molar-refractivity contribution < 1.29 is 12.8 Å². The summed E-state index contributed by atoms with van der Waals surface area (Å²) >= 11 is 5.95. The van der Waals surface area contributed by atoms with Crippen LogP contribution in [0.2, 0.25) is 5.02 Å². The van der Waals surface area contributed by atoms with E-state index in [0.717, 1.165) is 10.4 Å². The maximum atomic E-state index is 14.5. The molecule has 1 aromatic rings. The minimum Gasteiger partial charge on any atom is -0.310 e. The first-order chi connectivity index (χ1) is 9.70. The Morgan fingerprint density at radius 3 is 2.52 bits per heavy atom. The Hall–Kier alpha value is -0.690. The molecule has 1 aromatic carbocycles. The summed E-state index contributed by atoms with van der Waals surface area (Å²) in [5, 5.41) is 3.26. The van der Waals surface area contributed by atoms with Crippen molar-refractivity contribution in [2.24, 2.45) is 0 Å². The van der Waals surface area contributed by atoms with Crippen LogP contribution in [-0.4, -0.2) is 32.4 Å².